The molecule has 2 aliphatic rings. The van der Waals surface area contributed by atoms with E-state index in [0.29, 0.717) is 12.2 Å². The van der Waals surface area contributed by atoms with Gasteiger partial charge in [0.1, 0.15) is 0 Å². The number of hydrogen-bond acceptors (Lipinski definition) is 1. The van der Waals surface area contributed by atoms with Crippen LogP contribution in [-0.4, -0.2) is 12.2 Å². The van der Waals surface area contributed by atoms with Crippen LogP contribution >= 0.6 is 0 Å². The van der Waals surface area contributed by atoms with Gasteiger partial charge in [-0.25, -0.2) is 0 Å². The molecule has 2 atom stereocenters. The molecule has 2 saturated carbocycles. The molecule has 0 amide bonds. The summed E-state index contributed by atoms with van der Waals surface area (Å²) in [7, 11) is 0. The van der Waals surface area contributed by atoms with Crippen LogP contribution in [0, 0.1) is 11.8 Å². The Hall–Kier alpha value is -0.0400. The molecule has 1 heteroatoms. The maximum absolute atomic E-state index is 6.97. The minimum atomic E-state index is 0.533. The van der Waals surface area contributed by atoms with Gasteiger partial charge < -0.3 is 4.74 Å². The fourth-order valence-corrected chi connectivity index (χ4v) is 6.27. The van der Waals surface area contributed by atoms with Crippen molar-refractivity contribution in [1.82, 2.24) is 0 Å². The van der Waals surface area contributed by atoms with E-state index in [9.17, 15) is 0 Å². The minimum absolute atomic E-state index is 0.533. The Bertz CT molecular complexity index is 423. The second-order valence-electron chi connectivity index (χ2n) is 13.4. The third-order valence-corrected chi connectivity index (χ3v) is 9.31. The summed E-state index contributed by atoms with van der Waals surface area (Å²) in [6.45, 7) is 4.66. The van der Waals surface area contributed by atoms with Gasteiger partial charge in [-0.1, -0.05) is 181 Å². The first-order valence-corrected chi connectivity index (χ1v) is 18.0. The number of unbranched alkanes of at least 4 members (excludes halogenated alkanes) is 16. The lowest BCUT2D eigenvalue weighted by Gasteiger charge is -2.26. The molecule has 37 heavy (non-hydrogen) atoms. The fourth-order valence-electron chi connectivity index (χ4n) is 6.27. The molecule has 1 nitrogen and oxygen atoms in total. The smallest absolute Gasteiger partial charge is 0.0578 e. The lowest BCUT2D eigenvalue weighted by atomic mass is 9.99. The SMILES string of the molecule is CCCCCCC(CCCCCCCCC1CC1)OC(CCCCCC)CCCCCCCCC1CC1. The quantitative estimate of drug-likeness (QED) is 0.0859. The average molecular weight is 519 g/mol. The third-order valence-electron chi connectivity index (χ3n) is 9.31. The molecule has 0 saturated heterocycles. The molecule has 2 unspecified atom stereocenters. The highest BCUT2D eigenvalue weighted by Gasteiger charge is 2.21. The molecule has 0 aromatic rings. The van der Waals surface area contributed by atoms with Crippen molar-refractivity contribution >= 4 is 0 Å². The van der Waals surface area contributed by atoms with E-state index in [2.05, 4.69) is 13.8 Å². The highest BCUT2D eigenvalue weighted by molar-refractivity contribution is 4.73. The monoisotopic (exact) mass is 519 g/mol. The standard InChI is InChI=1S/C36H70O/c1-3-5-7-19-25-35(27-21-15-11-9-13-17-23-33-29-30-33)37-36(26-20-8-6-4-2)28-22-16-12-10-14-18-24-34-31-32-34/h33-36H,3-32H2,1-2H3. The Morgan fingerprint density at radius 2 is 0.703 bits per heavy atom. The van der Waals surface area contributed by atoms with Crippen molar-refractivity contribution in [3.05, 3.63) is 0 Å². The van der Waals surface area contributed by atoms with Gasteiger partial charge in [0.05, 0.1) is 12.2 Å². The van der Waals surface area contributed by atoms with E-state index >= 15 is 0 Å². The van der Waals surface area contributed by atoms with Crippen molar-refractivity contribution in [3.8, 4) is 0 Å². The van der Waals surface area contributed by atoms with Crippen molar-refractivity contribution in [1.29, 1.82) is 0 Å². The van der Waals surface area contributed by atoms with E-state index in [1.165, 1.54) is 193 Å². The van der Waals surface area contributed by atoms with E-state index < -0.39 is 0 Å². The van der Waals surface area contributed by atoms with E-state index in [1.807, 2.05) is 0 Å². The van der Waals surface area contributed by atoms with Crippen molar-refractivity contribution in [3.63, 3.8) is 0 Å². The lowest BCUT2D eigenvalue weighted by molar-refractivity contribution is -0.0324. The van der Waals surface area contributed by atoms with Crippen LogP contribution in [0.25, 0.3) is 0 Å². The summed E-state index contributed by atoms with van der Waals surface area (Å²) in [4.78, 5) is 0. The predicted molar refractivity (Wildman–Crippen MR) is 165 cm³/mol. The molecule has 220 valence electrons. The summed E-state index contributed by atoms with van der Waals surface area (Å²) >= 11 is 0. The molecule has 0 heterocycles. The summed E-state index contributed by atoms with van der Waals surface area (Å²) in [6.07, 6.45) is 44.0. The molecule has 2 rings (SSSR count). The summed E-state index contributed by atoms with van der Waals surface area (Å²) in [5, 5.41) is 0. The highest BCUT2D eigenvalue weighted by Crippen LogP contribution is 2.35. The summed E-state index contributed by atoms with van der Waals surface area (Å²) < 4.78 is 6.97. The van der Waals surface area contributed by atoms with Gasteiger partial charge in [0.15, 0.2) is 0 Å². The van der Waals surface area contributed by atoms with Crippen LogP contribution in [0.3, 0.4) is 0 Å². The van der Waals surface area contributed by atoms with Crippen LogP contribution in [0.15, 0.2) is 0 Å². The number of ether oxygens (including phenoxy) is 1. The van der Waals surface area contributed by atoms with Crippen molar-refractivity contribution in [2.24, 2.45) is 11.8 Å². The van der Waals surface area contributed by atoms with Crippen molar-refractivity contribution < 1.29 is 4.74 Å². The average Bonchev–Trinajstić information content (AvgIpc) is 3.83. The third kappa shape index (κ3) is 21.5. The Kier molecular flexibility index (Phi) is 21.3. The first-order chi connectivity index (χ1) is 18.3. The second kappa shape index (κ2) is 23.8. The van der Waals surface area contributed by atoms with Crippen molar-refractivity contribution in [2.45, 2.75) is 219 Å². The molecule has 2 aliphatic carbocycles. The number of hydrogen-bond donors (Lipinski definition) is 0. The highest BCUT2D eigenvalue weighted by atomic mass is 16.5. The summed E-state index contributed by atoms with van der Waals surface area (Å²) in [6, 6.07) is 0. The zero-order valence-electron chi connectivity index (χ0n) is 25.9. The summed E-state index contributed by atoms with van der Waals surface area (Å²) in [5.41, 5.74) is 0. The van der Waals surface area contributed by atoms with E-state index in [1.54, 1.807) is 0 Å². The van der Waals surface area contributed by atoms with Gasteiger partial charge in [0.25, 0.3) is 0 Å². The van der Waals surface area contributed by atoms with E-state index in [4.69, 9.17) is 4.74 Å². The molecular weight excluding hydrogens is 448 g/mol. The van der Waals surface area contributed by atoms with Crippen LogP contribution in [0.4, 0.5) is 0 Å². The Morgan fingerprint density at radius 1 is 0.405 bits per heavy atom. The molecule has 0 aromatic carbocycles. The van der Waals surface area contributed by atoms with Gasteiger partial charge in [0, 0.05) is 0 Å². The molecule has 0 aliphatic heterocycles. The van der Waals surface area contributed by atoms with Crippen LogP contribution in [0.5, 0.6) is 0 Å². The van der Waals surface area contributed by atoms with E-state index in [0.717, 1.165) is 11.8 Å². The van der Waals surface area contributed by atoms with Crippen LogP contribution < -0.4 is 0 Å². The normalized spacial score (nSPS) is 17.4. The van der Waals surface area contributed by atoms with Gasteiger partial charge in [-0.05, 0) is 37.5 Å². The summed E-state index contributed by atoms with van der Waals surface area (Å²) in [5.74, 6) is 2.25. The van der Waals surface area contributed by atoms with Gasteiger partial charge >= 0.3 is 0 Å². The molecule has 0 radical (unpaired) electrons. The Balaban J connectivity index is 1.62. The predicted octanol–water partition coefficient (Wildman–Crippen LogP) is 12.7. The zero-order chi connectivity index (χ0) is 26.2. The molecule has 0 spiro atoms. The maximum Gasteiger partial charge on any atom is 0.0578 e. The van der Waals surface area contributed by atoms with Gasteiger partial charge in [-0.15, -0.1) is 0 Å². The van der Waals surface area contributed by atoms with Crippen LogP contribution in [-0.2, 0) is 4.74 Å². The Labute approximate surface area is 235 Å². The first kappa shape index (κ1) is 33.2. The van der Waals surface area contributed by atoms with Crippen LogP contribution in [0.2, 0.25) is 0 Å². The van der Waals surface area contributed by atoms with Gasteiger partial charge in [-0.2, -0.15) is 0 Å². The minimum Gasteiger partial charge on any atom is -0.375 e. The first-order valence-electron chi connectivity index (χ1n) is 18.0. The number of rotatable bonds is 30. The fraction of sp³-hybridized carbons (Fsp3) is 1.00. The maximum atomic E-state index is 6.97. The topological polar surface area (TPSA) is 9.23 Å². The molecule has 2 fully saturated rings. The van der Waals surface area contributed by atoms with Gasteiger partial charge in [0.2, 0.25) is 0 Å². The lowest BCUT2D eigenvalue weighted by Crippen LogP contribution is -2.23. The molecule has 0 N–H and O–H groups in total. The molecule has 0 bridgehead atoms. The van der Waals surface area contributed by atoms with Crippen LogP contribution in [0.1, 0.15) is 206 Å². The molecule has 0 aromatic heterocycles. The van der Waals surface area contributed by atoms with Crippen molar-refractivity contribution in [2.75, 3.05) is 0 Å². The van der Waals surface area contributed by atoms with Gasteiger partial charge in [-0.3, -0.25) is 0 Å². The van der Waals surface area contributed by atoms with E-state index in [-0.39, 0.29) is 0 Å². The zero-order valence-corrected chi connectivity index (χ0v) is 25.9. The second-order valence-corrected chi connectivity index (χ2v) is 13.4. The molecular formula is C36H70O. The Morgan fingerprint density at radius 3 is 1.03 bits per heavy atom. The largest absolute Gasteiger partial charge is 0.375 e.